The molecule has 9 aromatic carbocycles. The summed E-state index contributed by atoms with van der Waals surface area (Å²) in [7, 11) is 0. The molecule has 0 atom stereocenters. The van der Waals surface area contributed by atoms with Gasteiger partial charge in [-0.1, -0.05) is 191 Å². The molecule has 9 aromatic rings. The van der Waals surface area contributed by atoms with Crippen LogP contribution in [0, 0.1) is 0 Å². The Kier molecular flexibility index (Phi) is 6.46. The van der Waals surface area contributed by atoms with Crippen LogP contribution in [0.15, 0.2) is 170 Å². The number of hydrogen-bond acceptors (Lipinski definition) is 0. The first-order valence-corrected chi connectivity index (χ1v) is 19.3. The molecule has 0 heterocycles. The molecule has 0 aromatic heterocycles. The van der Waals surface area contributed by atoms with Crippen molar-refractivity contribution in [1.82, 2.24) is 0 Å². The fraction of sp³-hybridized carbons (Fsp3) is 0.111. The van der Waals surface area contributed by atoms with Gasteiger partial charge in [-0.3, -0.25) is 0 Å². The Morgan fingerprint density at radius 1 is 0.278 bits per heavy atom. The molecule has 0 fully saturated rings. The van der Waals surface area contributed by atoms with Gasteiger partial charge >= 0.3 is 0 Å². The molecule has 2 aliphatic rings. The van der Waals surface area contributed by atoms with Crippen LogP contribution in [0.4, 0.5) is 0 Å². The zero-order chi connectivity index (χ0) is 36.3. The van der Waals surface area contributed by atoms with E-state index >= 15 is 0 Å². The predicted molar refractivity (Wildman–Crippen MR) is 230 cm³/mol. The SMILES string of the molecule is CC1(C)c2ccccc2-c2cc(-c3c4ccccc4c(-c4ccc(-c5ccccc5)c5ccccc45)c4ccccc34)c3c(c21)-c1ccccc1C3(C)C. The van der Waals surface area contributed by atoms with E-state index in [2.05, 4.69) is 198 Å². The molecule has 256 valence electrons. The lowest BCUT2D eigenvalue weighted by atomic mass is 9.73. The number of hydrogen-bond donors (Lipinski definition) is 0. The maximum atomic E-state index is 2.58. The van der Waals surface area contributed by atoms with E-state index in [0.717, 1.165) is 0 Å². The van der Waals surface area contributed by atoms with Crippen LogP contribution < -0.4 is 0 Å². The van der Waals surface area contributed by atoms with E-state index in [0.29, 0.717) is 0 Å². The highest BCUT2D eigenvalue weighted by atomic mass is 14.5. The topological polar surface area (TPSA) is 0 Å². The van der Waals surface area contributed by atoms with E-state index < -0.39 is 0 Å². The van der Waals surface area contributed by atoms with Crippen molar-refractivity contribution in [1.29, 1.82) is 0 Å². The molecule has 0 radical (unpaired) electrons. The Bertz CT molecular complexity index is 2970. The van der Waals surface area contributed by atoms with Gasteiger partial charge in [-0.25, -0.2) is 0 Å². The number of benzene rings is 9. The van der Waals surface area contributed by atoms with Crippen LogP contribution in [0.5, 0.6) is 0 Å². The molecular weight excluding hydrogens is 649 g/mol. The average molecular weight is 689 g/mol. The van der Waals surface area contributed by atoms with Gasteiger partial charge in [0, 0.05) is 10.8 Å². The molecule has 0 aliphatic heterocycles. The van der Waals surface area contributed by atoms with E-state index in [-0.39, 0.29) is 10.8 Å². The predicted octanol–water partition coefficient (Wildman–Crippen LogP) is 14.8. The quantitative estimate of drug-likeness (QED) is 0.162. The first-order valence-electron chi connectivity index (χ1n) is 19.3. The van der Waals surface area contributed by atoms with Crippen LogP contribution in [0.1, 0.15) is 49.9 Å². The summed E-state index contributed by atoms with van der Waals surface area (Å²) < 4.78 is 0. The molecule has 0 bridgehead atoms. The van der Waals surface area contributed by atoms with Crippen molar-refractivity contribution in [3.63, 3.8) is 0 Å². The Morgan fingerprint density at radius 3 is 1.28 bits per heavy atom. The molecule has 0 nitrogen and oxygen atoms in total. The highest BCUT2D eigenvalue weighted by Crippen LogP contribution is 2.62. The molecule has 0 amide bonds. The minimum atomic E-state index is -0.189. The first-order chi connectivity index (χ1) is 26.4. The van der Waals surface area contributed by atoms with Crippen molar-refractivity contribution in [2.75, 3.05) is 0 Å². The van der Waals surface area contributed by atoms with Crippen molar-refractivity contribution in [2.24, 2.45) is 0 Å². The highest BCUT2D eigenvalue weighted by molar-refractivity contribution is 6.25. The van der Waals surface area contributed by atoms with Gasteiger partial charge in [-0.2, -0.15) is 0 Å². The maximum Gasteiger partial charge on any atom is 0.0165 e. The van der Waals surface area contributed by atoms with Gasteiger partial charge in [0.15, 0.2) is 0 Å². The lowest BCUT2D eigenvalue weighted by molar-refractivity contribution is 0.649. The summed E-state index contributed by atoms with van der Waals surface area (Å²) in [5.74, 6) is 0. The zero-order valence-corrected chi connectivity index (χ0v) is 31.2. The van der Waals surface area contributed by atoms with E-state index in [4.69, 9.17) is 0 Å². The number of fused-ring (bicyclic) bond motifs is 10. The second kappa shape index (κ2) is 11.1. The van der Waals surface area contributed by atoms with Crippen LogP contribution in [0.3, 0.4) is 0 Å². The van der Waals surface area contributed by atoms with Crippen LogP contribution in [0.25, 0.3) is 88.0 Å². The molecule has 0 spiro atoms. The summed E-state index contributed by atoms with van der Waals surface area (Å²) in [5, 5.41) is 7.70. The van der Waals surface area contributed by atoms with E-state index in [1.807, 2.05) is 0 Å². The minimum absolute atomic E-state index is 0.122. The van der Waals surface area contributed by atoms with Crippen molar-refractivity contribution >= 4 is 32.3 Å². The largest absolute Gasteiger partial charge is 0.0622 e. The van der Waals surface area contributed by atoms with Crippen LogP contribution in [0.2, 0.25) is 0 Å². The van der Waals surface area contributed by atoms with Gasteiger partial charge in [-0.15, -0.1) is 0 Å². The van der Waals surface area contributed by atoms with Crippen molar-refractivity contribution in [3.8, 4) is 55.6 Å². The standard InChI is InChI=1S/C54H40/c1-53(2)46-28-16-14-22-37(46)44-32-45(52-50(51(44)53)43-27-15-17-29-47(43)54(52,3)4)49-40-25-12-10-23-38(40)48(39-24-11-13-26-41(39)49)42-31-30-34(33-18-6-5-7-19-33)35-20-8-9-21-36(35)42/h5-32H,1-4H3. The lowest BCUT2D eigenvalue weighted by Crippen LogP contribution is -2.19. The van der Waals surface area contributed by atoms with Gasteiger partial charge in [0.1, 0.15) is 0 Å². The van der Waals surface area contributed by atoms with Crippen molar-refractivity contribution < 1.29 is 0 Å². The zero-order valence-electron chi connectivity index (χ0n) is 31.2. The highest BCUT2D eigenvalue weighted by Gasteiger charge is 2.46. The van der Waals surface area contributed by atoms with Crippen molar-refractivity contribution in [3.05, 3.63) is 192 Å². The van der Waals surface area contributed by atoms with Crippen molar-refractivity contribution in [2.45, 2.75) is 38.5 Å². The molecule has 54 heavy (non-hydrogen) atoms. The van der Waals surface area contributed by atoms with Gasteiger partial charge in [0.05, 0.1) is 0 Å². The molecule has 0 N–H and O–H groups in total. The van der Waals surface area contributed by atoms with Gasteiger partial charge in [0.2, 0.25) is 0 Å². The normalized spacial score (nSPS) is 14.6. The summed E-state index contributed by atoms with van der Waals surface area (Å²) >= 11 is 0. The van der Waals surface area contributed by atoms with Crippen LogP contribution >= 0.6 is 0 Å². The molecule has 0 unspecified atom stereocenters. The van der Waals surface area contributed by atoms with Gasteiger partial charge in [0.25, 0.3) is 0 Å². The summed E-state index contributed by atoms with van der Waals surface area (Å²) in [4.78, 5) is 0. The summed E-state index contributed by atoms with van der Waals surface area (Å²) in [6, 6.07) is 63.6. The fourth-order valence-electron chi connectivity index (χ4n) is 10.5. The lowest BCUT2D eigenvalue weighted by Gasteiger charge is -2.30. The average Bonchev–Trinajstić information content (AvgIpc) is 3.59. The van der Waals surface area contributed by atoms with Gasteiger partial charge in [-0.05, 0) is 116 Å². The van der Waals surface area contributed by atoms with E-state index in [1.165, 1.54) is 110 Å². The molecule has 0 saturated carbocycles. The third-order valence-corrected chi connectivity index (χ3v) is 12.8. The Hall–Kier alpha value is -6.24. The molecule has 0 heteroatoms. The Labute approximate surface area is 317 Å². The molecule has 2 aliphatic carbocycles. The second-order valence-electron chi connectivity index (χ2n) is 16.4. The molecule has 0 saturated heterocycles. The number of rotatable bonds is 3. The summed E-state index contributed by atoms with van der Waals surface area (Å²) in [6.07, 6.45) is 0. The maximum absolute atomic E-state index is 2.58. The smallest absolute Gasteiger partial charge is 0.0165 e. The summed E-state index contributed by atoms with van der Waals surface area (Å²) in [6.45, 7) is 9.75. The molecule has 11 rings (SSSR count). The third-order valence-electron chi connectivity index (χ3n) is 12.8. The first kappa shape index (κ1) is 31.3. The van der Waals surface area contributed by atoms with Gasteiger partial charge < -0.3 is 0 Å². The van der Waals surface area contributed by atoms with E-state index in [1.54, 1.807) is 0 Å². The van der Waals surface area contributed by atoms with E-state index in [9.17, 15) is 0 Å². The Balaban J connectivity index is 1.29. The monoisotopic (exact) mass is 688 g/mol. The third kappa shape index (κ3) is 4.09. The van der Waals surface area contributed by atoms with Crippen LogP contribution in [-0.2, 0) is 10.8 Å². The second-order valence-corrected chi connectivity index (χ2v) is 16.4. The van der Waals surface area contributed by atoms with Crippen LogP contribution in [-0.4, -0.2) is 0 Å². The summed E-state index contributed by atoms with van der Waals surface area (Å²) in [5.41, 5.74) is 18.7. The minimum Gasteiger partial charge on any atom is -0.0622 e. The molecular formula is C54H40. The fourth-order valence-corrected chi connectivity index (χ4v) is 10.5. The Morgan fingerprint density at radius 2 is 0.685 bits per heavy atom.